The molecule has 3 rings (SSSR count). The number of pyridine rings is 1. The van der Waals surface area contributed by atoms with E-state index in [0.29, 0.717) is 22.9 Å². The Kier molecular flexibility index (Phi) is 5.41. The summed E-state index contributed by atoms with van der Waals surface area (Å²) in [4.78, 5) is 16.1. The van der Waals surface area contributed by atoms with Gasteiger partial charge in [-0.1, -0.05) is 32.9 Å². The van der Waals surface area contributed by atoms with Gasteiger partial charge in [0.1, 0.15) is 17.2 Å². The Morgan fingerprint density at radius 2 is 1.67 bits per heavy atom. The molecule has 0 spiro atoms. The maximum atomic E-state index is 12.1. The van der Waals surface area contributed by atoms with Gasteiger partial charge < -0.3 is 9.47 Å². The van der Waals surface area contributed by atoms with Crippen LogP contribution in [-0.4, -0.2) is 11.1 Å². The number of hydrogen-bond acceptors (Lipinski definition) is 4. The van der Waals surface area contributed by atoms with E-state index >= 15 is 0 Å². The second-order valence-electron chi connectivity index (χ2n) is 7.11. The fourth-order valence-electron chi connectivity index (χ4n) is 2.43. The molecule has 1 aromatic heterocycles. The molecule has 0 radical (unpaired) electrons. The minimum atomic E-state index is -0.540. The van der Waals surface area contributed by atoms with Crippen molar-refractivity contribution in [3.8, 4) is 17.2 Å². The second-order valence-corrected chi connectivity index (χ2v) is 7.11. The molecule has 0 saturated heterocycles. The summed E-state index contributed by atoms with van der Waals surface area (Å²) in [7, 11) is 0. The maximum Gasteiger partial charge on any atom is 0.417 e. The fraction of sp³-hybridized carbons (Fsp3) is 0.182. The molecule has 0 atom stereocenters. The van der Waals surface area contributed by atoms with Gasteiger partial charge in [-0.2, -0.15) is 0 Å². The number of hydrogen-bond donors (Lipinski definition) is 1. The zero-order valence-corrected chi connectivity index (χ0v) is 15.6. The van der Waals surface area contributed by atoms with Gasteiger partial charge in [0, 0.05) is 11.9 Å². The Morgan fingerprint density at radius 1 is 0.926 bits per heavy atom. The highest BCUT2D eigenvalue weighted by molar-refractivity contribution is 5.86. The highest BCUT2D eigenvalue weighted by Crippen LogP contribution is 2.26. The summed E-state index contributed by atoms with van der Waals surface area (Å²) in [6, 6.07) is 18.2. The smallest absolute Gasteiger partial charge is 0.417 e. The first-order valence-corrected chi connectivity index (χ1v) is 8.67. The Balaban J connectivity index is 1.60. The molecule has 0 fully saturated rings. The average Bonchev–Trinajstić information content (AvgIpc) is 2.64. The lowest BCUT2D eigenvalue weighted by Gasteiger charge is -2.19. The third-order valence-electron chi connectivity index (χ3n) is 3.88. The van der Waals surface area contributed by atoms with E-state index in [9.17, 15) is 4.79 Å². The van der Waals surface area contributed by atoms with E-state index in [0.717, 1.165) is 5.56 Å². The molecule has 27 heavy (non-hydrogen) atoms. The number of carbonyl (C=O) groups excluding carboxylic acids is 1. The van der Waals surface area contributed by atoms with Crippen molar-refractivity contribution in [3.05, 3.63) is 78.6 Å². The van der Waals surface area contributed by atoms with E-state index in [4.69, 9.17) is 9.47 Å². The van der Waals surface area contributed by atoms with Crippen LogP contribution in [0.1, 0.15) is 26.3 Å². The quantitative estimate of drug-likeness (QED) is 0.639. The largest absolute Gasteiger partial charge is 0.456 e. The van der Waals surface area contributed by atoms with Crippen LogP contribution in [0.15, 0.2) is 73.1 Å². The minimum Gasteiger partial charge on any atom is -0.456 e. The zero-order chi connectivity index (χ0) is 19.3. The third-order valence-corrected chi connectivity index (χ3v) is 3.88. The molecule has 0 aliphatic carbocycles. The molecule has 1 heterocycles. The summed E-state index contributed by atoms with van der Waals surface area (Å²) in [5.41, 5.74) is 1.70. The Hall–Kier alpha value is -3.34. The molecule has 0 saturated carbocycles. The maximum absolute atomic E-state index is 12.1. The van der Waals surface area contributed by atoms with Gasteiger partial charge in [0.25, 0.3) is 0 Å². The summed E-state index contributed by atoms with van der Waals surface area (Å²) >= 11 is 0. The van der Waals surface area contributed by atoms with Crippen molar-refractivity contribution in [1.82, 2.24) is 4.98 Å². The van der Waals surface area contributed by atoms with Gasteiger partial charge in [-0.25, -0.2) is 4.79 Å². The average molecular weight is 362 g/mol. The highest BCUT2D eigenvalue weighted by atomic mass is 16.6. The summed E-state index contributed by atoms with van der Waals surface area (Å²) in [5.74, 6) is 1.81. The van der Waals surface area contributed by atoms with Crippen molar-refractivity contribution < 1.29 is 14.3 Å². The van der Waals surface area contributed by atoms with Crippen LogP contribution in [0.5, 0.6) is 17.2 Å². The van der Waals surface area contributed by atoms with Crippen molar-refractivity contribution in [3.63, 3.8) is 0 Å². The minimum absolute atomic E-state index is 0.0139. The van der Waals surface area contributed by atoms with Crippen molar-refractivity contribution >= 4 is 11.8 Å². The molecule has 1 N–H and O–H groups in total. The first kappa shape index (κ1) is 18.5. The molecular formula is C22H22N2O3. The van der Waals surface area contributed by atoms with Crippen molar-refractivity contribution in [1.29, 1.82) is 0 Å². The first-order valence-electron chi connectivity index (χ1n) is 8.67. The van der Waals surface area contributed by atoms with E-state index in [1.54, 1.807) is 48.8 Å². The summed E-state index contributed by atoms with van der Waals surface area (Å²) in [6.45, 7) is 6.34. The molecule has 2 aromatic carbocycles. The molecule has 5 nitrogen and oxygen atoms in total. The van der Waals surface area contributed by atoms with Crippen LogP contribution >= 0.6 is 0 Å². The van der Waals surface area contributed by atoms with Crippen molar-refractivity contribution in [2.45, 2.75) is 26.2 Å². The second kappa shape index (κ2) is 7.91. The lowest BCUT2D eigenvalue weighted by molar-refractivity contribution is 0.215. The lowest BCUT2D eigenvalue weighted by Crippen LogP contribution is -2.17. The van der Waals surface area contributed by atoms with E-state index in [1.165, 1.54) is 0 Å². The number of ether oxygens (including phenoxy) is 2. The number of benzene rings is 2. The summed E-state index contributed by atoms with van der Waals surface area (Å²) < 4.78 is 11.1. The first-order chi connectivity index (χ1) is 12.9. The van der Waals surface area contributed by atoms with Gasteiger partial charge in [-0.05, 0) is 59.5 Å². The number of amides is 1. The Morgan fingerprint density at radius 3 is 2.33 bits per heavy atom. The summed E-state index contributed by atoms with van der Waals surface area (Å²) in [6.07, 6.45) is 2.78. The van der Waals surface area contributed by atoms with Crippen LogP contribution in [0.2, 0.25) is 0 Å². The monoisotopic (exact) mass is 362 g/mol. The van der Waals surface area contributed by atoms with Gasteiger partial charge in [0.15, 0.2) is 0 Å². The van der Waals surface area contributed by atoms with E-state index in [1.807, 2.05) is 24.3 Å². The molecule has 0 bridgehead atoms. The zero-order valence-electron chi connectivity index (χ0n) is 15.6. The van der Waals surface area contributed by atoms with E-state index in [-0.39, 0.29) is 5.41 Å². The van der Waals surface area contributed by atoms with Gasteiger partial charge in [0.05, 0.1) is 6.20 Å². The molecule has 0 unspecified atom stereocenters. The van der Waals surface area contributed by atoms with Gasteiger partial charge in [0.2, 0.25) is 0 Å². The fourth-order valence-corrected chi connectivity index (χ4v) is 2.43. The number of carbonyl (C=O) groups is 1. The van der Waals surface area contributed by atoms with Crippen LogP contribution < -0.4 is 14.8 Å². The number of aromatic nitrogens is 1. The molecular weight excluding hydrogens is 340 g/mol. The lowest BCUT2D eigenvalue weighted by atomic mass is 9.87. The predicted molar refractivity (Wildman–Crippen MR) is 106 cm³/mol. The predicted octanol–water partition coefficient (Wildman–Crippen LogP) is 5.78. The molecule has 3 aromatic rings. The van der Waals surface area contributed by atoms with Crippen LogP contribution in [0, 0.1) is 0 Å². The van der Waals surface area contributed by atoms with Crippen LogP contribution in [0.4, 0.5) is 10.5 Å². The number of rotatable bonds is 4. The van der Waals surface area contributed by atoms with Crippen molar-refractivity contribution in [2.24, 2.45) is 0 Å². The van der Waals surface area contributed by atoms with Gasteiger partial charge in [-0.15, -0.1) is 0 Å². The molecule has 0 aliphatic heterocycles. The normalized spacial score (nSPS) is 10.9. The number of anilines is 1. The third kappa shape index (κ3) is 5.31. The van der Waals surface area contributed by atoms with Crippen molar-refractivity contribution in [2.75, 3.05) is 5.32 Å². The Bertz CT molecular complexity index is 901. The number of nitrogens with one attached hydrogen (secondary N) is 1. The SMILES string of the molecule is CC(C)(C)c1cccc(OC(=O)Nc2ccc(Oc3cccnc3)cc2)c1. The topological polar surface area (TPSA) is 60.5 Å². The van der Waals surface area contributed by atoms with Gasteiger partial charge >= 0.3 is 6.09 Å². The van der Waals surface area contributed by atoms with E-state index in [2.05, 4.69) is 31.1 Å². The summed E-state index contributed by atoms with van der Waals surface area (Å²) in [5, 5.41) is 2.71. The molecule has 1 amide bonds. The van der Waals surface area contributed by atoms with E-state index < -0.39 is 6.09 Å². The van der Waals surface area contributed by atoms with Crippen LogP contribution in [0.3, 0.4) is 0 Å². The van der Waals surface area contributed by atoms with Crippen LogP contribution in [0.25, 0.3) is 0 Å². The standard InChI is InChI=1S/C22H22N2O3/c1-22(2,3)16-6-4-7-19(14-16)27-21(25)24-17-9-11-18(12-10-17)26-20-8-5-13-23-15-20/h4-15H,1-3H3,(H,24,25). The van der Waals surface area contributed by atoms with Gasteiger partial charge in [-0.3, -0.25) is 10.3 Å². The number of nitrogens with zero attached hydrogens (tertiary/aromatic N) is 1. The Labute approximate surface area is 159 Å². The van der Waals surface area contributed by atoms with Crippen LogP contribution in [-0.2, 0) is 5.41 Å². The molecule has 138 valence electrons. The molecule has 5 heteroatoms. The highest BCUT2D eigenvalue weighted by Gasteiger charge is 2.15. The molecule has 0 aliphatic rings.